The van der Waals surface area contributed by atoms with Crippen molar-refractivity contribution in [2.75, 3.05) is 19.3 Å². The number of aliphatic hydroxyl groups is 2. The Labute approximate surface area is 135 Å². The van der Waals surface area contributed by atoms with Gasteiger partial charge in [-0.15, -0.1) is 0 Å². The van der Waals surface area contributed by atoms with Gasteiger partial charge in [-0.3, -0.25) is 4.79 Å². The SMILES string of the molecule is CS(=O)(=O)c1ccc(C(=O)N2CCC3(CC2)[C@H](O)C[C@@H]3O)cc1. The molecule has 6 nitrogen and oxygen atoms in total. The number of nitrogens with zero attached hydrogens (tertiary/aromatic N) is 1. The van der Waals surface area contributed by atoms with Crippen LogP contribution in [0.3, 0.4) is 0 Å². The number of amides is 1. The molecule has 0 radical (unpaired) electrons. The van der Waals surface area contributed by atoms with Gasteiger partial charge >= 0.3 is 0 Å². The highest BCUT2D eigenvalue weighted by molar-refractivity contribution is 7.90. The van der Waals surface area contributed by atoms with Crippen molar-refractivity contribution in [1.82, 2.24) is 4.90 Å². The predicted molar refractivity (Wildman–Crippen MR) is 83.8 cm³/mol. The van der Waals surface area contributed by atoms with Gasteiger partial charge < -0.3 is 15.1 Å². The third kappa shape index (κ3) is 2.77. The summed E-state index contributed by atoms with van der Waals surface area (Å²) in [5.74, 6) is -0.150. The molecule has 0 unspecified atom stereocenters. The molecule has 1 saturated heterocycles. The molecule has 1 aromatic carbocycles. The fourth-order valence-corrected chi connectivity index (χ4v) is 4.19. The van der Waals surface area contributed by atoms with Crippen LogP contribution in [0.4, 0.5) is 0 Å². The van der Waals surface area contributed by atoms with Crippen LogP contribution in [0.15, 0.2) is 29.2 Å². The lowest BCUT2D eigenvalue weighted by molar-refractivity contribution is -0.187. The van der Waals surface area contributed by atoms with Crippen LogP contribution >= 0.6 is 0 Å². The minimum absolute atomic E-state index is 0.150. The Hall–Kier alpha value is -1.44. The van der Waals surface area contributed by atoms with Crippen molar-refractivity contribution >= 4 is 15.7 Å². The number of piperidine rings is 1. The van der Waals surface area contributed by atoms with E-state index in [2.05, 4.69) is 0 Å². The number of hydrogen-bond acceptors (Lipinski definition) is 5. The van der Waals surface area contributed by atoms with E-state index >= 15 is 0 Å². The van der Waals surface area contributed by atoms with Crippen LogP contribution in [-0.4, -0.2) is 61.0 Å². The van der Waals surface area contributed by atoms with E-state index in [0.717, 1.165) is 6.26 Å². The molecule has 126 valence electrons. The Morgan fingerprint density at radius 1 is 1.13 bits per heavy atom. The fourth-order valence-electron chi connectivity index (χ4n) is 3.56. The molecule has 1 saturated carbocycles. The summed E-state index contributed by atoms with van der Waals surface area (Å²) in [4.78, 5) is 14.4. The first kappa shape index (κ1) is 16.4. The largest absolute Gasteiger partial charge is 0.392 e. The van der Waals surface area contributed by atoms with Crippen LogP contribution in [0.1, 0.15) is 29.6 Å². The van der Waals surface area contributed by atoms with Crippen LogP contribution in [0.5, 0.6) is 0 Å². The molecule has 1 amide bonds. The summed E-state index contributed by atoms with van der Waals surface area (Å²) in [6, 6.07) is 5.92. The molecule has 1 spiro atoms. The Balaban J connectivity index is 1.68. The zero-order valence-electron chi connectivity index (χ0n) is 13.0. The summed E-state index contributed by atoms with van der Waals surface area (Å²) >= 11 is 0. The third-order valence-corrected chi connectivity index (χ3v) is 6.41. The summed E-state index contributed by atoms with van der Waals surface area (Å²) in [5.41, 5.74) is -0.000219. The maximum Gasteiger partial charge on any atom is 0.253 e. The second kappa shape index (κ2) is 5.58. The topological polar surface area (TPSA) is 94.9 Å². The standard InChI is InChI=1S/C16H21NO5S/c1-23(21,22)12-4-2-11(3-5-12)15(20)17-8-6-16(7-9-17)13(18)10-14(16)19/h2-5,13-14,18-19H,6-10H2,1H3/t13-,14+. The molecule has 2 N–H and O–H groups in total. The van der Waals surface area contributed by atoms with Crippen LogP contribution in [0.2, 0.25) is 0 Å². The Morgan fingerprint density at radius 3 is 2.09 bits per heavy atom. The quantitative estimate of drug-likeness (QED) is 0.815. The maximum atomic E-state index is 12.5. The van der Waals surface area contributed by atoms with E-state index in [4.69, 9.17) is 0 Å². The van der Waals surface area contributed by atoms with Crippen molar-refractivity contribution in [2.24, 2.45) is 5.41 Å². The van der Waals surface area contributed by atoms with Crippen molar-refractivity contribution in [3.05, 3.63) is 29.8 Å². The second-order valence-corrected chi connectivity index (χ2v) is 8.60. The van der Waals surface area contributed by atoms with Gasteiger partial charge in [0.15, 0.2) is 9.84 Å². The van der Waals surface area contributed by atoms with Crippen molar-refractivity contribution in [2.45, 2.75) is 36.4 Å². The minimum Gasteiger partial charge on any atom is -0.392 e. The first-order valence-electron chi connectivity index (χ1n) is 7.69. The smallest absolute Gasteiger partial charge is 0.253 e. The number of carbonyl (C=O) groups is 1. The lowest BCUT2D eigenvalue weighted by atomic mass is 9.58. The lowest BCUT2D eigenvalue weighted by Crippen LogP contribution is -2.61. The monoisotopic (exact) mass is 339 g/mol. The van der Waals surface area contributed by atoms with Crippen molar-refractivity contribution in [3.8, 4) is 0 Å². The number of carbonyl (C=O) groups excluding carboxylic acids is 1. The number of likely N-dealkylation sites (tertiary alicyclic amines) is 1. The number of hydrogen-bond donors (Lipinski definition) is 2. The summed E-state index contributed by atoms with van der Waals surface area (Å²) in [5, 5.41) is 19.8. The molecule has 0 aromatic heterocycles. The van der Waals surface area contributed by atoms with Gasteiger partial charge in [0, 0.05) is 36.7 Å². The van der Waals surface area contributed by atoms with Gasteiger partial charge in [-0.1, -0.05) is 0 Å². The molecule has 2 aliphatic rings. The Kier molecular flexibility index (Phi) is 3.98. The zero-order valence-corrected chi connectivity index (χ0v) is 13.8. The molecule has 1 aromatic rings. The average Bonchev–Trinajstić information content (AvgIpc) is 2.54. The maximum absolute atomic E-state index is 12.5. The third-order valence-electron chi connectivity index (χ3n) is 5.28. The zero-order chi connectivity index (χ0) is 16.8. The highest BCUT2D eigenvalue weighted by Crippen LogP contribution is 2.49. The van der Waals surface area contributed by atoms with Crippen LogP contribution < -0.4 is 0 Å². The first-order valence-corrected chi connectivity index (χ1v) is 9.59. The van der Waals surface area contributed by atoms with Gasteiger partial charge in [0.05, 0.1) is 17.1 Å². The van der Waals surface area contributed by atoms with E-state index in [9.17, 15) is 23.4 Å². The van der Waals surface area contributed by atoms with Crippen LogP contribution in [-0.2, 0) is 9.84 Å². The van der Waals surface area contributed by atoms with E-state index in [1.54, 1.807) is 4.90 Å². The highest BCUT2D eigenvalue weighted by atomic mass is 32.2. The van der Waals surface area contributed by atoms with Crippen LogP contribution in [0, 0.1) is 5.41 Å². The van der Waals surface area contributed by atoms with Crippen molar-refractivity contribution in [3.63, 3.8) is 0 Å². The molecule has 0 bridgehead atoms. The van der Waals surface area contributed by atoms with E-state index in [-0.39, 0.29) is 10.8 Å². The van der Waals surface area contributed by atoms with Crippen molar-refractivity contribution in [1.29, 1.82) is 0 Å². The molecule has 3 rings (SSSR count). The number of sulfone groups is 1. The average molecular weight is 339 g/mol. The molecular formula is C16H21NO5S. The summed E-state index contributed by atoms with van der Waals surface area (Å²) in [6.45, 7) is 0.974. The number of rotatable bonds is 2. The fraction of sp³-hybridized carbons (Fsp3) is 0.562. The normalized spacial score (nSPS) is 26.8. The minimum atomic E-state index is -3.27. The molecule has 23 heavy (non-hydrogen) atoms. The molecule has 7 heteroatoms. The van der Waals surface area contributed by atoms with Gasteiger partial charge in [0.25, 0.3) is 5.91 Å². The predicted octanol–water partition coefficient (Wildman–Crippen LogP) is 0.438. The molecule has 1 heterocycles. The molecule has 2 atom stereocenters. The summed E-state index contributed by atoms with van der Waals surface area (Å²) in [6.07, 6.45) is 1.75. The molecule has 2 fully saturated rings. The second-order valence-electron chi connectivity index (χ2n) is 6.59. The Bertz CT molecular complexity index is 694. The van der Waals surface area contributed by atoms with E-state index in [0.29, 0.717) is 37.9 Å². The molecular weight excluding hydrogens is 318 g/mol. The van der Waals surface area contributed by atoms with Crippen molar-refractivity contribution < 1.29 is 23.4 Å². The van der Waals surface area contributed by atoms with Crippen LogP contribution in [0.25, 0.3) is 0 Å². The van der Waals surface area contributed by atoms with E-state index in [1.807, 2.05) is 0 Å². The van der Waals surface area contributed by atoms with Gasteiger partial charge in [0.1, 0.15) is 0 Å². The molecule has 1 aliphatic heterocycles. The van der Waals surface area contributed by atoms with E-state index < -0.39 is 27.5 Å². The van der Waals surface area contributed by atoms with Gasteiger partial charge in [0.2, 0.25) is 0 Å². The van der Waals surface area contributed by atoms with Gasteiger partial charge in [-0.2, -0.15) is 0 Å². The first-order chi connectivity index (χ1) is 10.7. The summed E-state index contributed by atoms with van der Waals surface area (Å²) < 4.78 is 22.9. The molecule has 1 aliphatic carbocycles. The van der Waals surface area contributed by atoms with Gasteiger partial charge in [-0.05, 0) is 37.1 Å². The highest BCUT2D eigenvalue weighted by Gasteiger charge is 2.55. The van der Waals surface area contributed by atoms with E-state index in [1.165, 1.54) is 24.3 Å². The number of aliphatic hydroxyl groups excluding tert-OH is 2. The summed E-state index contributed by atoms with van der Waals surface area (Å²) in [7, 11) is -3.27. The van der Waals surface area contributed by atoms with Gasteiger partial charge in [-0.25, -0.2) is 8.42 Å². The number of benzene rings is 1. The Morgan fingerprint density at radius 2 is 1.65 bits per heavy atom. The lowest BCUT2D eigenvalue weighted by Gasteiger charge is -2.55.